The number of aryl methyl sites for hydroxylation is 1. The third kappa shape index (κ3) is 8.91. The van der Waals surface area contributed by atoms with Crippen molar-refractivity contribution in [3.05, 3.63) is 111 Å². The summed E-state index contributed by atoms with van der Waals surface area (Å²) in [7, 11) is 0. The molecule has 5 aromatic rings. The maximum atomic E-state index is 14.9. The Morgan fingerprint density at radius 2 is 1.72 bits per heavy atom. The molecule has 2 aromatic carbocycles. The van der Waals surface area contributed by atoms with E-state index in [2.05, 4.69) is 30.9 Å². The third-order valence-corrected chi connectivity index (χ3v) is 8.99. The first-order valence-corrected chi connectivity index (χ1v) is 17.4. The molecule has 0 bridgehead atoms. The molecular weight excluding hydrogens is 683 g/mol. The Labute approximate surface area is 304 Å². The van der Waals surface area contributed by atoms with Crippen molar-refractivity contribution < 1.29 is 23.5 Å². The molecule has 6 rings (SSSR count). The first-order valence-electron chi connectivity index (χ1n) is 17.4. The smallest absolute Gasteiger partial charge is 0.272 e. The van der Waals surface area contributed by atoms with Gasteiger partial charge in [-0.1, -0.05) is 31.2 Å². The molecule has 0 radical (unpaired) electrons. The van der Waals surface area contributed by atoms with Crippen LogP contribution in [-0.2, 0) is 22.4 Å². The number of aromatic nitrogens is 5. The number of nitrogens with one attached hydrogen (secondary N) is 3. The fourth-order valence-electron chi connectivity index (χ4n) is 6.02. The van der Waals surface area contributed by atoms with Gasteiger partial charge in [0.2, 0.25) is 5.91 Å². The molecule has 0 aliphatic carbocycles. The van der Waals surface area contributed by atoms with Crippen LogP contribution in [0, 0.1) is 5.82 Å². The molecule has 3 aromatic heterocycles. The fourth-order valence-corrected chi connectivity index (χ4v) is 6.02. The average molecular weight is 725 g/mol. The number of rotatable bonds is 14. The maximum absolute atomic E-state index is 14.9. The number of hydrogen-bond donors (Lipinski definition) is 4. The van der Waals surface area contributed by atoms with E-state index in [1.54, 1.807) is 57.2 Å². The lowest BCUT2D eigenvalue weighted by Crippen LogP contribution is -2.52. The lowest BCUT2D eigenvalue weighted by molar-refractivity contribution is -0.131. The number of hydrogen-bond acceptors (Lipinski definition) is 10. The predicted molar refractivity (Wildman–Crippen MR) is 195 cm³/mol. The molecule has 4 heterocycles. The number of aromatic amines is 1. The topological polar surface area (TPSA) is 193 Å². The minimum atomic E-state index is -0.631. The van der Waals surface area contributed by atoms with Gasteiger partial charge in [-0.2, -0.15) is 10.2 Å². The van der Waals surface area contributed by atoms with E-state index in [9.17, 15) is 23.6 Å². The fraction of sp³-hybridized carbons (Fsp3) is 0.324. The summed E-state index contributed by atoms with van der Waals surface area (Å²) in [6.45, 7) is 4.56. The number of nitrogens with zero attached hydrogens (tertiary/aromatic N) is 6. The SMILES string of the molecule is CCc1cnn(-c2cnc(C(=O)NCCOCCNCC(=O)N3CCN(C(=O)c4cc(Cc5n[nH]c(=O)c6ccccc56)ccc4F)CC3)c(N)c2)c1. The predicted octanol–water partition coefficient (Wildman–Crippen LogP) is 1.70. The number of nitrogen functional groups attached to an aromatic ring is 1. The monoisotopic (exact) mass is 724 g/mol. The Bertz CT molecular complexity index is 2160. The lowest BCUT2D eigenvalue weighted by atomic mass is 10.0. The first kappa shape index (κ1) is 36.8. The largest absolute Gasteiger partial charge is 0.397 e. The zero-order valence-corrected chi connectivity index (χ0v) is 29.3. The van der Waals surface area contributed by atoms with Crippen molar-refractivity contribution in [2.75, 3.05) is 64.8 Å². The molecular formula is C37H41FN10O5. The van der Waals surface area contributed by atoms with Crippen molar-refractivity contribution >= 4 is 34.2 Å². The highest BCUT2D eigenvalue weighted by molar-refractivity contribution is 5.97. The molecule has 15 nitrogen and oxygen atoms in total. The van der Waals surface area contributed by atoms with Crippen LogP contribution in [0.15, 0.2) is 71.9 Å². The standard InChI is InChI=1S/C37H41FN10O5/c1-2-24-20-43-48(23-24)26-19-31(39)34(42-21-26)36(51)41-10-16-53-15-9-40-22-33(49)46-11-13-47(14-12-46)37(52)29-17-25(7-8-30(29)38)18-32-27-5-3-4-6-28(27)35(50)45-44-32/h3-8,17,19-21,23,40H,2,9-16,18,22,39H2,1H3,(H,41,51)(H,45,50). The quantitative estimate of drug-likeness (QED) is 0.123. The number of H-pyrrole nitrogens is 1. The zero-order chi connectivity index (χ0) is 37.3. The Morgan fingerprint density at radius 3 is 2.47 bits per heavy atom. The van der Waals surface area contributed by atoms with E-state index in [-0.39, 0.29) is 61.2 Å². The van der Waals surface area contributed by atoms with Gasteiger partial charge in [-0.05, 0) is 41.8 Å². The number of carbonyl (C=O) groups is 3. The Kier molecular flexibility index (Phi) is 11.8. The second-order valence-corrected chi connectivity index (χ2v) is 12.5. The van der Waals surface area contributed by atoms with E-state index in [4.69, 9.17) is 10.5 Å². The normalized spacial score (nSPS) is 13.0. The van der Waals surface area contributed by atoms with Gasteiger partial charge in [0, 0.05) is 57.3 Å². The minimum Gasteiger partial charge on any atom is -0.397 e. The third-order valence-electron chi connectivity index (χ3n) is 8.99. The minimum absolute atomic E-state index is 0.0523. The van der Waals surface area contributed by atoms with Crippen LogP contribution in [0.4, 0.5) is 10.1 Å². The van der Waals surface area contributed by atoms with E-state index in [1.807, 2.05) is 19.2 Å². The van der Waals surface area contributed by atoms with Crippen LogP contribution in [0.1, 0.15) is 44.6 Å². The van der Waals surface area contributed by atoms with Crippen LogP contribution in [0.2, 0.25) is 0 Å². The number of carbonyl (C=O) groups excluding carboxylic acids is 3. The number of piperazine rings is 1. The summed E-state index contributed by atoms with van der Waals surface area (Å²) in [4.78, 5) is 58.2. The number of anilines is 1. The van der Waals surface area contributed by atoms with Gasteiger partial charge in [0.1, 0.15) is 5.82 Å². The van der Waals surface area contributed by atoms with E-state index < -0.39 is 17.6 Å². The molecule has 3 amide bonds. The van der Waals surface area contributed by atoms with Crippen LogP contribution in [-0.4, -0.2) is 112 Å². The molecule has 53 heavy (non-hydrogen) atoms. The molecule has 0 saturated carbocycles. The Morgan fingerprint density at radius 1 is 0.962 bits per heavy atom. The molecule has 16 heteroatoms. The zero-order valence-electron chi connectivity index (χ0n) is 29.3. The summed E-state index contributed by atoms with van der Waals surface area (Å²) < 4.78 is 22.1. The van der Waals surface area contributed by atoms with Crippen molar-refractivity contribution in [3.63, 3.8) is 0 Å². The second-order valence-electron chi connectivity index (χ2n) is 12.5. The highest BCUT2D eigenvalue weighted by atomic mass is 19.1. The van der Waals surface area contributed by atoms with Gasteiger partial charge in [0.15, 0.2) is 5.69 Å². The van der Waals surface area contributed by atoms with E-state index >= 15 is 0 Å². The summed E-state index contributed by atoms with van der Waals surface area (Å²) >= 11 is 0. The van der Waals surface area contributed by atoms with Gasteiger partial charge < -0.3 is 30.9 Å². The highest BCUT2D eigenvalue weighted by Crippen LogP contribution is 2.20. The molecule has 276 valence electrons. The number of fused-ring (bicyclic) bond motifs is 1. The van der Waals surface area contributed by atoms with Gasteiger partial charge in [-0.3, -0.25) is 19.2 Å². The number of ether oxygens (including phenoxy) is 1. The van der Waals surface area contributed by atoms with Crippen molar-refractivity contribution in [1.82, 2.24) is 45.4 Å². The number of pyridine rings is 1. The van der Waals surface area contributed by atoms with E-state index in [0.717, 1.165) is 12.0 Å². The molecule has 1 aliphatic rings. The Balaban J connectivity index is 0.878. The second kappa shape index (κ2) is 17.0. The van der Waals surface area contributed by atoms with Gasteiger partial charge >= 0.3 is 0 Å². The summed E-state index contributed by atoms with van der Waals surface area (Å²) in [6, 6.07) is 13.1. The van der Waals surface area contributed by atoms with Crippen LogP contribution in [0.5, 0.6) is 0 Å². The number of nitrogens with two attached hydrogens (primary N) is 1. The summed E-state index contributed by atoms with van der Waals surface area (Å²) in [5, 5.41) is 18.0. The Hall–Kier alpha value is -6.00. The van der Waals surface area contributed by atoms with Crippen LogP contribution >= 0.6 is 0 Å². The van der Waals surface area contributed by atoms with Crippen molar-refractivity contribution in [1.29, 1.82) is 0 Å². The molecule has 0 unspecified atom stereocenters. The van der Waals surface area contributed by atoms with Crippen molar-refractivity contribution in [2.45, 2.75) is 19.8 Å². The molecule has 0 atom stereocenters. The van der Waals surface area contributed by atoms with Gasteiger partial charge in [0.05, 0.1) is 60.2 Å². The van der Waals surface area contributed by atoms with Crippen LogP contribution < -0.4 is 21.9 Å². The summed E-state index contributed by atoms with van der Waals surface area (Å²) in [5.41, 5.74) is 9.11. The summed E-state index contributed by atoms with van der Waals surface area (Å²) in [5.74, 6) is -1.61. The van der Waals surface area contributed by atoms with Crippen molar-refractivity contribution in [2.24, 2.45) is 0 Å². The van der Waals surface area contributed by atoms with Gasteiger partial charge in [-0.15, -0.1) is 0 Å². The molecule has 1 aliphatic heterocycles. The maximum Gasteiger partial charge on any atom is 0.272 e. The molecule has 1 saturated heterocycles. The van der Waals surface area contributed by atoms with Gasteiger partial charge in [-0.25, -0.2) is 19.2 Å². The van der Waals surface area contributed by atoms with E-state index in [1.165, 1.54) is 12.1 Å². The molecule has 5 N–H and O–H groups in total. The van der Waals surface area contributed by atoms with E-state index in [0.29, 0.717) is 60.4 Å². The van der Waals surface area contributed by atoms with Crippen LogP contribution in [0.3, 0.4) is 0 Å². The molecule has 0 spiro atoms. The van der Waals surface area contributed by atoms with Crippen LogP contribution in [0.25, 0.3) is 16.5 Å². The summed E-state index contributed by atoms with van der Waals surface area (Å²) in [6.07, 6.45) is 6.34. The lowest BCUT2D eigenvalue weighted by Gasteiger charge is -2.35. The first-order chi connectivity index (χ1) is 25.7. The average Bonchev–Trinajstić information content (AvgIpc) is 3.67. The number of halogens is 1. The van der Waals surface area contributed by atoms with Crippen molar-refractivity contribution in [3.8, 4) is 5.69 Å². The number of benzene rings is 2. The highest BCUT2D eigenvalue weighted by Gasteiger charge is 2.26. The molecule has 1 fully saturated rings. The number of amides is 3. The van der Waals surface area contributed by atoms with Gasteiger partial charge in [0.25, 0.3) is 17.4 Å².